The van der Waals surface area contributed by atoms with Crippen LogP contribution in [0, 0.1) is 3.57 Å². The van der Waals surface area contributed by atoms with Gasteiger partial charge in [-0.15, -0.1) is 0 Å². The average Bonchev–Trinajstić information content (AvgIpc) is 1.84. The number of hydrogen-bond donors (Lipinski definition) is 1. The Kier molecular flexibility index (Phi) is 2.82. The lowest BCUT2D eigenvalue weighted by Gasteiger charge is -1.99. The number of anilines is 1. The minimum Gasteiger partial charge on any atom is -0.398 e. The van der Waals surface area contributed by atoms with Crippen molar-refractivity contribution < 1.29 is 0 Å². The second-order valence-corrected chi connectivity index (χ2v) is 4.21. The Morgan fingerprint density at radius 1 is 1.50 bits per heavy atom. The Bertz CT molecular complexity index is 214. The maximum atomic E-state index is 5.76. The Labute approximate surface area is 86.2 Å². The van der Waals surface area contributed by atoms with E-state index >= 15 is 0 Å². The highest BCUT2D eigenvalue weighted by Gasteiger charge is 2.00. The van der Waals surface area contributed by atoms with Crippen LogP contribution in [0.4, 0.5) is 5.69 Å². The summed E-state index contributed by atoms with van der Waals surface area (Å²) >= 11 is 11.2. The summed E-state index contributed by atoms with van der Waals surface area (Å²) in [6, 6.07) is 3.62. The molecular formula is C6H4BrClIN. The van der Waals surface area contributed by atoms with Gasteiger partial charge in [0.1, 0.15) is 0 Å². The van der Waals surface area contributed by atoms with Gasteiger partial charge in [-0.25, -0.2) is 0 Å². The number of hydrogen-bond acceptors (Lipinski definition) is 1. The molecule has 0 aliphatic rings. The summed E-state index contributed by atoms with van der Waals surface area (Å²) in [6.45, 7) is 0. The van der Waals surface area contributed by atoms with Crippen molar-refractivity contribution in [3.05, 3.63) is 25.2 Å². The van der Waals surface area contributed by atoms with Crippen LogP contribution in [0.15, 0.2) is 16.6 Å². The van der Waals surface area contributed by atoms with Gasteiger partial charge >= 0.3 is 0 Å². The van der Waals surface area contributed by atoms with Crippen LogP contribution in [-0.4, -0.2) is 0 Å². The topological polar surface area (TPSA) is 26.0 Å². The Morgan fingerprint density at radius 3 is 2.60 bits per heavy atom. The second-order valence-electron chi connectivity index (χ2n) is 1.79. The smallest absolute Gasteiger partial charge is 0.0569 e. The van der Waals surface area contributed by atoms with Gasteiger partial charge in [0.15, 0.2) is 0 Å². The fraction of sp³-hybridized carbons (Fsp3) is 0. The largest absolute Gasteiger partial charge is 0.398 e. The van der Waals surface area contributed by atoms with Gasteiger partial charge in [-0.2, -0.15) is 0 Å². The molecule has 0 radical (unpaired) electrons. The van der Waals surface area contributed by atoms with Gasteiger partial charge in [-0.1, -0.05) is 11.6 Å². The molecule has 0 unspecified atom stereocenters. The third-order valence-electron chi connectivity index (χ3n) is 1.04. The molecule has 1 nitrogen and oxygen atoms in total. The molecule has 0 saturated carbocycles. The van der Waals surface area contributed by atoms with Crippen LogP contribution in [0.1, 0.15) is 0 Å². The summed E-state index contributed by atoms with van der Waals surface area (Å²) in [5.74, 6) is 0. The van der Waals surface area contributed by atoms with E-state index in [1.165, 1.54) is 0 Å². The van der Waals surface area contributed by atoms with Crippen molar-refractivity contribution in [2.24, 2.45) is 0 Å². The van der Waals surface area contributed by atoms with Crippen molar-refractivity contribution in [1.29, 1.82) is 0 Å². The van der Waals surface area contributed by atoms with Crippen LogP contribution < -0.4 is 5.73 Å². The molecule has 0 amide bonds. The summed E-state index contributed by atoms with van der Waals surface area (Å²) in [5.41, 5.74) is 6.29. The van der Waals surface area contributed by atoms with Crippen LogP contribution in [0.3, 0.4) is 0 Å². The Balaban J connectivity index is 3.28. The highest BCUT2D eigenvalue weighted by atomic mass is 127. The van der Waals surface area contributed by atoms with E-state index in [2.05, 4.69) is 38.5 Å². The van der Waals surface area contributed by atoms with Gasteiger partial charge in [0.25, 0.3) is 0 Å². The van der Waals surface area contributed by atoms with Gasteiger partial charge in [-0.05, 0) is 50.7 Å². The van der Waals surface area contributed by atoms with Crippen molar-refractivity contribution in [1.82, 2.24) is 0 Å². The highest BCUT2D eigenvalue weighted by molar-refractivity contribution is 14.1. The molecule has 10 heavy (non-hydrogen) atoms. The fourth-order valence-corrected chi connectivity index (χ4v) is 1.95. The standard InChI is InChI=1S/C6H4BrClIN/c7-3-1-5(9)6(10)2-4(3)8/h1-2H,10H2. The molecule has 54 valence electrons. The molecule has 0 saturated heterocycles. The summed E-state index contributed by atoms with van der Waals surface area (Å²) < 4.78 is 1.89. The van der Waals surface area contributed by atoms with Crippen molar-refractivity contribution in [2.45, 2.75) is 0 Å². The normalized spacial score (nSPS) is 9.90. The molecule has 0 aliphatic carbocycles. The predicted octanol–water partition coefficient (Wildman–Crippen LogP) is 3.29. The molecule has 1 aromatic rings. The van der Waals surface area contributed by atoms with Gasteiger partial charge in [0, 0.05) is 13.7 Å². The molecule has 0 heterocycles. The Hall–Kier alpha value is 0.520. The van der Waals surface area contributed by atoms with Crippen LogP contribution in [-0.2, 0) is 0 Å². The van der Waals surface area contributed by atoms with Crippen LogP contribution in [0.25, 0.3) is 0 Å². The quantitative estimate of drug-likeness (QED) is 0.440. The van der Waals surface area contributed by atoms with Gasteiger partial charge < -0.3 is 5.73 Å². The van der Waals surface area contributed by atoms with E-state index in [9.17, 15) is 0 Å². The van der Waals surface area contributed by atoms with Crippen molar-refractivity contribution in [3.8, 4) is 0 Å². The minimum absolute atomic E-state index is 0.651. The van der Waals surface area contributed by atoms with E-state index in [1.54, 1.807) is 6.07 Å². The number of benzene rings is 1. The highest BCUT2D eigenvalue weighted by Crippen LogP contribution is 2.28. The van der Waals surface area contributed by atoms with Crippen molar-refractivity contribution in [2.75, 3.05) is 5.73 Å². The van der Waals surface area contributed by atoms with E-state index in [1.807, 2.05) is 6.07 Å². The molecule has 4 heteroatoms. The number of rotatable bonds is 0. The first-order valence-corrected chi connectivity index (χ1v) is 4.76. The van der Waals surface area contributed by atoms with Crippen LogP contribution >= 0.6 is 50.1 Å². The van der Waals surface area contributed by atoms with Crippen molar-refractivity contribution >= 4 is 55.8 Å². The molecule has 0 aromatic heterocycles. The molecule has 2 N–H and O–H groups in total. The number of halogens is 3. The van der Waals surface area contributed by atoms with Gasteiger partial charge in [0.05, 0.1) is 5.02 Å². The third-order valence-corrected chi connectivity index (χ3v) is 3.17. The first kappa shape index (κ1) is 8.62. The minimum atomic E-state index is 0.651. The summed E-state index contributed by atoms with van der Waals surface area (Å²) in [6.07, 6.45) is 0. The van der Waals surface area contributed by atoms with Crippen molar-refractivity contribution in [3.63, 3.8) is 0 Å². The first-order chi connectivity index (χ1) is 4.61. The molecule has 1 rings (SSSR count). The molecular weight excluding hydrogens is 328 g/mol. The zero-order chi connectivity index (χ0) is 7.72. The van der Waals surface area contributed by atoms with Gasteiger partial charge in [0.2, 0.25) is 0 Å². The van der Waals surface area contributed by atoms with E-state index in [0.29, 0.717) is 10.7 Å². The van der Waals surface area contributed by atoms with E-state index in [-0.39, 0.29) is 0 Å². The zero-order valence-corrected chi connectivity index (χ0v) is 9.37. The molecule has 0 atom stereocenters. The van der Waals surface area contributed by atoms with E-state index in [4.69, 9.17) is 17.3 Å². The third kappa shape index (κ3) is 1.77. The lowest BCUT2D eigenvalue weighted by molar-refractivity contribution is 1.58. The molecule has 0 aliphatic heterocycles. The molecule has 0 spiro atoms. The summed E-state index contributed by atoms with van der Waals surface area (Å²) in [5, 5.41) is 0.651. The molecule has 0 fully saturated rings. The summed E-state index contributed by atoms with van der Waals surface area (Å²) in [7, 11) is 0. The molecule has 0 bridgehead atoms. The van der Waals surface area contributed by atoms with E-state index in [0.717, 1.165) is 8.04 Å². The second kappa shape index (κ2) is 3.28. The maximum absolute atomic E-state index is 5.76. The predicted molar refractivity (Wildman–Crippen MR) is 56.3 cm³/mol. The van der Waals surface area contributed by atoms with E-state index < -0.39 is 0 Å². The molecule has 1 aromatic carbocycles. The zero-order valence-electron chi connectivity index (χ0n) is 4.87. The summed E-state index contributed by atoms with van der Waals surface area (Å²) in [4.78, 5) is 0. The lowest BCUT2D eigenvalue weighted by Crippen LogP contribution is -1.88. The van der Waals surface area contributed by atoms with Crippen LogP contribution in [0.5, 0.6) is 0 Å². The Morgan fingerprint density at radius 2 is 2.10 bits per heavy atom. The maximum Gasteiger partial charge on any atom is 0.0569 e. The SMILES string of the molecule is Nc1cc(Cl)c(Br)cc1I. The van der Waals surface area contributed by atoms with Gasteiger partial charge in [-0.3, -0.25) is 0 Å². The monoisotopic (exact) mass is 331 g/mol. The lowest BCUT2D eigenvalue weighted by atomic mass is 10.3. The number of nitrogens with two attached hydrogens (primary N) is 1. The average molecular weight is 332 g/mol. The fourth-order valence-electron chi connectivity index (χ4n) is 0.538. The first-order valence-electron chi connectivity index (χ1n) is 2.51. The van der Waals surface area contributed by atoms with Crippen LogP contribution in [0.2, 0.25) is 5.02 Å². The number of nitrogen functional groups attached to an aromatic ring is 1.